The number of methoxy groups -OCH3 is 1. The second kappa shape index (κ2) is 7.45. The van der Waals surface area contributed by atoms with Crippen molar-refractivity contribution >= 4 is 39.0 Å². The fourth-order valence-corrected chi connectivity index (χ4v) is 2.24. The third-order valence-electron chi connectivity index (χ3n) is 2.69. The Balaban J connectivity index is 2.84. The molecule has 0 bridgehead atoms. The first-order chi connectivity index (χ1) is 8.97. The lowest BCUT2D eigenvalue weighted by Gasteiger charge is -2.17. The number of ether oxygens (including phenoxy) is 1. The van der Waals surface area contributed by atoms with Crippen LogP contribution in [0.2, 0.25) is 0 Å². The molecule has 0 fully saturated rings. The molecule has 19 heavy (non-hydrogen) atoms. The Bertz CT molecular complexity index is 480. The van der Waals surface area contributed by atoms with Crippen molar-refractivity contribution in [3.05, 3.63) is 28.2 Å². The van der Waals surface area contributed by atoms with Gasteiger partial charge in [0.2, 0.25) is 0 Å². The summed E-state index contributed by atoms with van der Waals surface area (Å²) in [6, 6.07) is 5.20. The number of benzene rings is 1. The largest absolute Gasteiger partial charge is 0.497 e. The Labute approximate surface area is 126 Å². The zero-order chi connectivity index (χ0) is 14.4. The van der Waals surface area contributed by atoms with E-state index in [0.717, 1.165) is 10.9 Å². The van der Waals surface area contributed by atoms with Gasteiger partial charge in [-0.1, -0.05) is 19.1 Å². The normalized spacial score (nSPS) is 11.7. The summed E-state index contributed by atoms with van der Waals surface area (Å²) in [5.41, 5.74) is 6.04. The van der Waals surface area contributed by atoms with E-state index in [-0.39, 0.29) is 11.9 Å². The number of nitrogens with one attached hydrogen (secondary N) is 1. The van der Waals surface area contributed by atoms with E-state index in [0.29, 0.717) is 22.7 Å². The number of rotatable bonds is 6. The maximum Gasteiger partial charge on any atom is 0.252 e. The third kappa shape index (κ3) is 4.80. The lowest BCUT2D eigenvalue weighted by atomic mass is 10.1. The number of carbonyl (C=O) groups is 1. The van der Waals surface area contributed by atoms with E-state index in [1.165, 1.54) is 0 Å². The number of nitrogens with two attached hydrogens (primary N) is 1. The number of hydrogen-bond donors (Lipinski definition) is 2. The highest BCUT2D eigenvalue weighted by Gasteiger charge is 2.16. The third-order valence-corrected chi connectivity index (χ3v) is 3.55. The summed E-state index contributed by atoms with van der Waals surface area (Å²) in [5.74, 6) is 0.463. The van der Waals surface area contributed by atoms with Gasteiger partial charge >= 0.3 is 0 Å². The molecule has 0 saturated heterocycles. The van der Waals surface area contributed by atoms with Gasteiger partial charge < -0.3 is 15.8 Å². The Morgan fingerprint density at radius 2 is 2.26 bits per heavy atom. The maximum absolute atomic E-state index is 12.2. The molecule has 0 heterocycles. The first kappa shape index (κ1) is 15.9. The number of amides is 1. The van der Waals surface area contributed by atoms with E-state index < -0.39 is 0 Å². The highest BCUT2D eigenvalue weighted by Crippen LogP contribution is 2.22. The van der Waals surface area contributed by atoms with Crippen LogP contribution in [0.15, 0.2) is 22.7 Å². The molecular weight excluding hydrogens is 328 g/mol. The van der Waals surface area contributed by atoms with Crippen LogP contribution in [0.3, 0.4) is 0 Å². The smallest absolute Gasteiger partial charge is 0.252 e. The van der Waals surface area contributed by atoms with Crippen molar-refractivity contribution in [2.75, 3.05) is 7.11 Å². The molecule has 0 saturated carbocycles. The summed E-state index contributed by atoms with van der Waals surface area (Å²) in [4.78, 5) is 12.6. The number of thiocarbonyl (C=S) groups is 1. The molecule has 6 heteroatoms. The van der Waals surface area contributed by atoms with Crippen LogP contribution in [-0.4, -0.2) is 24.0 Å². The van der Waals surface area contributed by atoms with Gasteiger partial charge in [0.25, 0.3) is 5.91 Å². The predicted molar refractivity (Wildman–Crippen MR) is 83.6 cm³/mol. The monoisotopic (exact) mass is 344 g/mol. The van der Waals surface area contributed by atoms with Crippen LogP contribution in [0.5, 0.6) is 5.75 Å². The van der Waals surface area contributed by atoms with Crippen molar-refractivity contribution in [2.24, 2.45) is 5.73 Å². The van der Waals surface area contributed by atoms with E-state index in [1.54, 1.807) is 25.3 Å². The summed E-state index contributed by atoms with van der Waals surface area (Å²) in [6.45, 7) is 1.98. The Morgan fingerprint density at radius 3 is 2.79 bits per heavy atom. The van der Waals surface area contributed by atoms with Crippen LogP contribution >= 0.6 is 28.1 Å². The fourth-order valence-electron chi connectivity index (χ4n) is 1.61. The molecule has 1 aromatic carbocycles. The number of carbonyl (C=O) groups excluding carboxylic acids is 1. The second-order valence-corrected chi connectivity index (χ2v) is 5.47. The molecule has 0 spiro atoms. The lowest BCUT2D eigenvalue weighted by molar-refractivity contribution is 0.0936. The van der Waals surface area contributed by atoms with E-state index in [9.17, 15) is 4.79 Å². The van der Waals surface area contributed by atoms with Gasteiger partial charge in [-0.15, -0.1) is 0 Å². The minimum Gasteiger partial charge on any atom is -0.497 e. The summed E-state index contributed by atoms with van der Waals surface area (Å²) in [6.07, 6.45) is 1.27. The minimum absolute atomic E-state index is 0.0527. The van der Waals surface area contributed by atoms with E-state index >= 15 is 0 Å². The van der Waals surface area contributed by atoms with Gasteiger partial charge in [0.05, 0.1) is 17.7 Å². The van der Waals surface area contributed by atoms with Crippen LogP contribution < -0.4 is 15.8 Å². The van der Waals surface area contributed by atoms with Crippen LogP contribution in [0.4, 0.5) is 0 Å². The molecule has 1 unspecified atom stereocenters. The zero-order valence-corrected chi connectivity index (χ0v) is 13.3. The standard InChI is InChI=1S/C13H17BrN2O2S/c1-3-8(6-12(15)19)16-13(17)10-7-9(18-2)4-5-11(10)14/h4-5,7-8H,3,6H2,1-2H3,(H2,15,19)(H,16,17). The summed E-state index contributed by atoms with van der Waals surface area (Å²) in [5, 5.41) is 2.91. The van der Waals surface area contributed by atoms with Crippen LogP contribution in [0.25, 0.3) is 0 Å². The molecule has 1 rings (SSSR count). The SMILES string of the molecule is CCC(CC(N)=S)NC(=O)c1cc(OC)ccc1Br. The summed E-state index contributed by atoms with van der Waals surface area (Å²) in [7, 11) is 1.56. The molecule has 0 aromatic heterocycles. The van der Waals surface area contributed by atoms with Gasteiger partial charge in [-0.3, -0.25) is 4.79 Å². The highest BCUT2D eigenvalue weighted by molar-refractivity contribution is 9.10. The average molecular weight is 345 g/mol. The zero-order valence-electron chi connectivity index (χ0n) is 10.9. The summed E-state index contributed by atoms with van der Waals surface area (Å²) < 4.78 is 5.83. The molecular formula is C13H17BrN2O2S. The van der Waals surface area contributed by atoms with Gasteiger partial charge in [-0.25, -0.2) is 0 Å². The first-order valence-corrected chi connectivity index (χ1v) is 7.10. The van der Waals surface area contributed by atoms with Crippen molar-refractivity contribution < 1.29 is 9.53 Å². The molecule has 1 aromatic rings. The minimum atomic E-state index is -0.172. The van der Waals surface area contributed by atoms with E-state index in [4.69, 9.17) is 22.7 Å². The lowest BCUT2D eigenvalue weighted by Crippen LogP contribution is -2.37. The van der Waals surface area contributed by atoms with Crippen molar-refractivity contribution in [3.63, 3.8) is 0 Å². The van der Waals surface area contributed by atoms with E-state index in [2.05, 4.69) is 21.2 Å². The molecule has 3 N–H and O–H groups in total. The molecule has 4 nitrogen and oxygen atoms in total. The predicted octanol–water partition coefficient (Wildman–Crippen LogP) is 2.64. The molecule has 0 aliphatic heterocycles. The number of halogens is 1. The van der Waals surface area contributed by atoms with Gasteiger partial charge in [0, 0.05) is 16.9 Å². The van der Waals surface area contributed by atoms with Gasteiger partial charge in [0.15, 0.2) is 0 Å². The molecule has 1 atom stereocenters. The topological polar surface area (TPSA) is 64.3 Å². The van der Waals surface area contributed by atoms with Crippen LogP contribution in [-0.2, 0) is 0 Å². The van der Waals surface area contributed by atoms with Crippen molar-refractivity contribution in [2.45, 2.75) is 25.8 Å². The molecule has 0 aliphatic carbocycles. The average Bonchev–Trinajstić information content (AvgIpc) is 2.37. The fraction of sp³-hybridized carbons (Fsp3) is 0.385. The quantitative estimate of drug-likeness (QED) is 0.778. The van der Waals surface area contributed by atoms with Gasteiger partial charge in [-0.05, 0) is 40.5 Å². The maximum atomic E-state index is 12.2. The first-order valence-electron chi connectivity index (χ1n) is 5.90. The molecule has 0 aliphatic rings. The van der Waals surface area contributed by atoms with Gasteiger partial charge in [0.1, 0.15) is 5.75 Å². The molecule has 0 radical (unpaired) electrons. The molecule has 104 valence electrons. The van der Waals surface area contributed by atoms with E-state index in [1.807, 2.05) is 6.92 Å². The Kier molecular flexibility index (Phi) is 6.24. The number of hydrogen-bond acceptors (Lipinski definition) is 3. The van der Waals surface area contributed by atoms with Crippen molar-refractivity contribution in [1.82, 2.24) is 5.32 Å². The second-order valence-electron chi connectivity index (χ2n) is 4.09. The summed E-state index contributed by atoms with van der Waals surface area (Å²) >= 11 is 8.23. The molecule has 1 amide bonds. The Hall–Kier alpha value is -1.14. The van der Waals surface area contributed by atoms with Crippen LogP contribution in [0, 0.1) is 0 Å². The van der Waals surface area contributed by atoms with Crippen molar-refractivity contribution in [1.29, 1.82) is 0 Å². The highest BCUT2D eigenvalue weighted by atomic mass is 79.9. The van der Waals surface area contributed by atoms with Gasteiger partial charge in [-0.2, -0.15) is 0 Å². The van der Waals surface area contributed by atoms with Crippen LogP contribution in [0.1, 0.15) is 30.1 Å². The van der Waals surface area contributed by atoms with Crippen molar-refractivity contribution in [3.8, 4) is 5.75 Å². The Morgan fingerprint density at radius 1 is 1.58 bits per heavy atom.